The molecule has 0 heterocycles. The highest BCUT2D eigenvalue weighted by Crippen LogP contribution is 2.43. The van der Waals surface area contributed by atoms with Crippen molar-refractivity contribution in [3.05, 3.63) is 24.3 Å². The molecule has 0 aromatic carbocycles. The van der Waals surface area contributed by atoms with Crippen molar-refractivity contribution in [1.29, 1.82) is 0 Å². The Morgan fingerprint density at radius 1 is 0.574 bits per heavy atom. The zero-order valence-electron chi connectivity index (χ0n) is 35.7. The Labute approximate surface area is 332 Å². The molecule has 0 aromatic heterocycles. The lowest BCUT2D eigenvalue weighted by Gasteiger charge is -2.24. The van der Waals surface area contributed by atoms with Crippen molar-refractivity contribution in [2.24, 2.45) is 0 Å². The third-order valence-corrected chi connectivity index (χ3v) is 10.5. The summed E-state index contributed by atoms with van der Waals surface area (Å²) in [6.45, 7) is 4.40. The van der Waals surface area contributed by atoms with Gasteiger partial charge in [0.05, 0.1) is 27.7 Å². The Kier molecular flexibility index (Phi) is 36.1. The summed E-state index contributed by atoms with van der Waals surface area (Å²) in [6.07, 6.45) is 39.3. The summed E-state index contributed by atoms with van der Waals surface area (Å²) in [5.74, 6) is -0.810. The molecule has 0 spiro atoms. The van der Waals surface area contributed by atoms with Gasteiger partial charge in [0, 0.05) is 12.8 Å². The van der Waals surface area contributed by atoms with Crippen LogP contribution in [0.25, 0.3) is 0 Å². The minimum atomic E-state index is -4.37. The van der Waals surface area contributed by atoms with Crippen LogP contribution in [0.2, 0.25) is 0 Å². The molecule has 1 N–H and O–H groups in total. The number of phosphoric ester groups is 1. The molecule has 9 nitrogen and oxygen atoms in total. The third-order valence-electron chi connectivity index (χ3n) is 9.51. The standard InChI is InChI=1S/C44H84NO8P/c1-6-8-10-12-14-16-18-20-22-24-26-28-30-32-34-36-43(46)50-40-42(41-52-54(48,49)51-39-38-45(3,4)5)53-44(47)37-35-33-31-29-27-25-23-21-19-17-15-13-11-9-7-2/h17,19,21,23,42H,6-16,18,20,22,24-41H2,1-5H3/p+1/b19-17+,23-21+/t42-/m1/s1. The van der Waals surface area contributed by atoms with Crippen LogP contribution < -0.4 is 0 Å². The van der Waals surface area contributed by atoms with Gasteiger partial charge in [-0.3, -0.25) is 18.6 Å². The Balaban J connectivity index is 4.37. The van der Waals surface area contributed by atoms with E-state index in [1.165, 1.54) is 103 Å². The van der Waals surface area contributed by atoms with E-state index < -0.39 is 26.5 Å². The van der Waals surface area contributed by atoms with Gasteiger partial charge in [-0.2, -0.15) is 0 Å². The Bertz CT molecular complexity index is 980. The predicted octanol–water partition coefficient (Wildman–Crippen LogP) is 12.4. The van der Waals surface area contributed by atoms with E-state index >= 15 is 0 Å². The Morgan fingerprint density at radius 3 is 1.44 bits per heavy atom. The summed E-state index contributed by atoms with van der Waals surface area (Å²) in [5, 5.41) is 0. The van der Waals surface area contributed by atoms with Gasteiger partial charge in [0.2, 0.25) is 0 Å². The van der Waals surface area contributed by atoms with Gasteiger partial charge >= 0.3 is 19.8 Å². The van der Waals surface area contributed by atoms with Crippen LogP contribution in [0.3, 0.4) is 0 Å². The summed E-state index contributed by atoms with van der Waals surface area (Å²) in [5.41, 5.74) is 0. The molecule has 54 heavy (non-hydrogen) atoms. The Morgan fingerprint density at radius 2 is 0.981 bits per heavy atom. The molecule has 0 aliphatic carbocycles. The average molecular weight is 787 g/mol. The second-order valence-electron chi connectivity index (χ2n) is 16.1. The summed E-state index contributed by atoms with van der Waals surface area (Å²) in [6, 6.07) is 0. The van der Waals surface area contributed by atoms with Gasteiger partial charge in [-0.25, -0.2) is 4.57 Å². The van der Waals surface area contributed by atoms with E-state index in [0.29, 0.717) is 17.4 Å². The van der Waals surface area contributed by atoms with Crippen molar-refractivity contribution in [3.63, 3.8) is 0 Å². The van der Waals surface area contributed by atoms with Gasteiger partial charge in [-0.1, -0.05) is 167 Å². The number of ether oxygens (including phenoxy) is 2. The number of nitrogens with zero attached hydrogens (tertiary/aromatic N) is 1. The maximum Gasteiger partial charge on any atom is 0.472 e. The minimum Gasteiger partial charge on any atom is -0.462 e. The number of esters is 2. The van der Waals surface area contributed by atoms with Crippen LogP contribution in [0.4, 0.5) is 0 Å². The third kappa shape index (κ3) is 40.2. The van der Waals surface area contributed by atoms with Crippen molar-refractivity contribution in [2.75, 3.05) is 47.5 Å². The monoisotopic (exact) mass is 787 g/mol. The van der Waals surface area contributed by atoms with E-state index in [-0.39, 0.29) is 32.0 Å². The second kappa shape index (κ2) is 37.1. The Hall–Kier alpha value is -1.51. The molecule has 1 unspecified atom stereocenters. The van der Waals surface area contributed by atoms with E-state index in [2.05, 4.69) is 38.2 Å². The summed E-state index contributed by atoms with van der Waals surface area (Å²) in [4.78, 5) is 35.3. The molecule has 0 rings (SSSR count). The topological polar surface area (TPSA) is 108 Å². The largest absolute Gasteiger partial charge is 0.472 e. The lowest BCUT2D eigenvalue weighted by molar-refractivity contribution is -0.870. The van der Waals surface area contributed by atoms with Crippen LogP contribution in [-0.4, -0.2) is 74.9 Å². The number of phosphoric acid groups is 1. The first-order valence-electron chi connectivity index (χ1n) is 22.1. The first-order valence-corrected chi connectivity index (χ1v) is 23.6. The fraction of sp³-hybridized carbons (Fsp3) is 0.864. The van der Waals surface area contributed by atoms with Gasteiger partial charge in [-0.05, 0) is 38.5 Å². The molecule has 0 fully saturated rings. The van der Waals surface area contributed by atoms with Crippen LogP contribution in [0.1, 0.15) is 194 Å². The normalized spacial score (nSPS) is 13.8. The lowest BCUT2D eigenvalue weighted by atomic mass is 10.0. The van der Waals surface area contributed by atoms with Crippen molar-refractivity contribution >= 4 is 19.8 Å². The lowest BCUT2D eigenvalue weighted by Crippen LogP contribution is -2.37. The van der Waals surface area contributed by atoms with E-state index in [1.54, 1.807) is 0 Å². The molecule has 0 saturated heterocycles. The summed E-state index contributed by atoms with van der Waals surface area (Å²) >= 11 is 0. The quantitative estimate of drug-likeness (QED) is 0.0215. The number of carbonyl (C=O) groups excluding carboxylic acids is 2. The van der Waals surface area contributed by atoms with E-state index in [1.807, 2.05) is 21.1 Å². The van der Waals surface area contributed by atoms with Crippen LogP contribution in [0, 0.1) is 0 Å². The molecule has 0 aliphatic heterocycles. The smallest absolute Gasteiger partial charge is 0.462 e. The molecule has 318 valence electrons. The molecule has 0 aliphatic rings. The number of quaternary nitrogens is 1. The molecule has 10 heteroatoms. The molecule has 0 radical (unpaired) electrons. The zero-order chi connectivity index (χ0) is 40.0. The molecule has 0 saturated carbocycles. The van der Waals surface area contributed by atoms with Crippen molar-refractivity contribution in [1.82, 2.24) is 0 Å². The maximum atomic E-state index is 12.7. The van der Waals surface area contributed by atoms with E-state index in [0.717, 1.165) is 57.8 Å². The van der Waals surface area contributed by atoms with Crippen LogP contribution in [0.15, 0.2) is 24.3 Å². The predicted molar refractivity (Wildman–Crippen MR) is 224 cm³/mol. The van der Waals surface area contributed by atoms with Crippen LogP contribution in [0.5, 0.6) is 0 Å². The van der Waals surface area contributed by atoms with Gasteiger partial charge in [-0.15, -0.1) is 0 Å². The number of hydrogen-bond acceptors (Lipinski definition) is 7. The average Bonchev–Trinajstić information content (AvgIpc) is 3.12. The molecule has 0 aromatic rings. The summed E-state index contributed by atoms with van der Waals surface area (Å²) in [7, 11) is 1.47. The first-order chi connectivity index (χ1) is 26.0. The number of likely N-dealkylation sites (N-methyl/N-ethyl adjacent to an activating group) is 1. The van der Waals surface area contributed by atoms with Gasteiger partial charge in [0.1, 0.15) is 19.8 Å². The highest BCUT2D eigenvalue weighted by atomic mass is 31.2. The second-order valence-corrected chi connectivity index (χ2v) is 17.6. The molecule has 2 atom stereocenters. The fourth-order valence-electron chi connectivity index (χ4n) is 6.00. The van der Waals surface area contributed by atoms with Crippen LogP contribution in [-0.2, 0) is 32.7 Å². The zero-order valence-corrected chi connectivity index (χ0v) is 36.6. The number of unbranched alkanes of at least 4 members (excludes halogenated alkanes) is 23. The van der Waals surface area contributed by atoms with Crippen molar-refractivity contribution < 1.29 is 42.1 Å². The number of allylic oxidation sites excluding steroid dienone is 4. The molecular weight excluding hydrogens is 701 g/mol. The highest BCUT2D eigenvalue weighted by Gasteiger charge is 2.27. The van der Waals surface area contributed by atoms with E-state index in [4.69, 9.17) is 18.5 Å². The van der Waals surface area contributed by atoms with Gasteiger partial charge in [0.15, 0.2) is 6.10 Å². The maximum absolute atomic E-state index is 12.7. The van der Waals surface area contributed by atoms with Crippen molar-refractivity contribution in [2.45, 2.75) is 200 Å². The highest BCUT2D eigenvalue weighted by molar-refractivity contribution is 7.47. The van der Waals surface area contributed by atoms with E-state index in [9.17, 15) is 19.0 Å². The number of rotatable bonds is 40. The molecular formula is C44H85NO8P+. The van der Waals surface area contributed by atoms with Crippen LogP contribution >= 0.6 is 7.82 Å². The minimum absolute atomic E-state index is 0.0303. The first kappa shape index (κ1) is 52.5. The van der Waals surface area contributed by atoms with Gasteiger partial charge in [0.25, 0.3) is 0 Å². The molecule has 0 amide bonds. The molecule has 0 bridgehead atoms. The number of carbonyl (C=O) groups is 2. The number of hydrogen-bond donors (Lipinski definition) is 1. The fourth-order valence-corrected chi connectivity index (χ4v) is 6.75. The van der Waals surface area contributed by atoms with Gasteiger partial charge < -0.3 is 18.9 Å². The van der Waals surface area contributed by atoms with Crippen molar-refractivity contribution in [3.8, 4) is 0 Å². The summed E-state index contributed by atoms with van der Waals surface area (Å²) < 4.78 is 34.3. The SMILES string of the molecule is CCCCCC/C=C/C=C/CCCCCCCC(=O)O[C@H](COC(=O)CCCCCCCCCCCCCCCCC)COP(=O)(O)OCC[N+](C)(C)C.